The molecule has 2 heterocycles. The predicted molar refractivity (Wildman–Crippen MR) is 54.0 cm³/mol. The molecular formula is C11H17NO2. The molecule has 2 atom stereocenters. The zero-order chi connectivity index (χ0) is 9.97. The minimum absolute atomic E-state index is 0.333. The molecule has 1 aliphatic rings. The van der Waals surface area contributed by atoms with Crippen molar-refractivity contribution in [2.24, 2.45) is 0 Å². The maximum Gasteiger partial charge on any atom is 0.0911 e. The van der Waals surface area contributed by atoms with Crippen molar-refractivity contribution in [1.82, 2.24) is 4.57 Å². The summed E-state index contributed by atoms with van der Waals surface area (Å²) in [7, 11) is 0. The highest BCUT2D eigenvalue weighted by Gasteiger charge is 2.17. The molecule has 1 saturated heterocycles. The van der Waals surface area contributed by atoms with E-state index in [1.165, 1.54) is 0 Å². The predicted octanol–water partition coefficient (Wildman–Crippen LogP) is 1.72. The third-order valence-electron chi connectivity index (χ3n) is 2.72. The van der Waals surface area contributed by atoms with E-state index in [9.17, 15) is 5.11 Å². The Balaban J connectivity index is 2.04. The van der Waals surface area contributed by atoms with E-state index in [-0.39, 0.29) is 0 Å². The van der Waals surface area contributed by atoms with Gasteiger partial charge >= 0.3 is 0 Å². The van der Waals surface area contributed by atoms with E-state index in [2.05, 4.69) is 4.57 Å². The first-order chi connectivity index (χ1) is 6.77. The van der Waals surface area contributed by atoms with E-state index in [0.717, 1.165) is 31.7 Å². The second-order valence-corrected chi connectivity index (χ2v) is 3.90. The van der Waals surface area contributed by atoms with E-state index < -0.39 is 6.10 Å². The monoisotopic (exact) mass is 195 g/mol. The SMILES string of the molecule is CC(O)c1cccn1CC1CCCO1. The number of rotatable bonds is 3. The second kappa shape index (κ2) is 4.15. The highest BCUT2D eigenvalue weighted by molar-refractivity contribution is 5.09. The molecule has 0 aromatic carbocycles. The Morgan fingerprint density at radius 3 is 3.21 bits per heavy atom. The van der Waals surface area contributed by atoms with Crippen LogP contribution in [0.15, 0.2) is 18.3 Å². The van der Waals surface area contributed by atoms with E-state index in [1.807, 2.05) is 18.3 Å². The second-order valence-electron chi connectivity index (χ2n) is 3.90. The van der Waals surface area contributed by atoms with Crippen LogP contribution in [0, 0.1) is 0 Å². The number of ether oxygens (including phenoxy) is 1. The number of nitrogens with zero attached hydrogens (tertiary/aromatic N) is 1. The van der Waals surface area contributed by atoms with Gasteiger partial charge in [-0.1, -0.05) is 0 Å². The number of hydrogen-bond donors (Lipinski definition) is 1. The van der Waals surface area contributed by atoms with E-state index in [1.54, 1.807) is 6.92 Å². The molecule has 14 heavy (non-hydrogen) atoms. The van der Waals surface area contributed by atoms with Gasteiger partial charge in [-0.3, -0.25) is 0 Å². The molecule has 1 aromatic heterocycles. The highest BCUT2D eigenvalue weighted by Crippen LogP contribution is 2.18. The normalized spacial score (nSPS) is 24.0. The van der Waals surface area contributed by atoms with Crippen molar-refractivity contribution in [2.75, 3.05) is 6.61 Å². The van der Waals surface area contributed by atoms with Gasteiger partial charge in [-0.15, -0.1) is 0 Å². The Labute approximate surface area is 84.3 Å². The Morgan fingerprint density at radius 1 is 1.71 bits per heavy atom. The topological polar surface area (TPSA) is 34.4 Å². The van der Waals surface area contributed by atoms with Gasteiger partial charge in [0, 0.05) is 25.0 Å². The summed E-state index contributed by atoms with van der Waals surface area (Å²) in [5.74, 6) is 0. The molecule has 1 N–H and O–H groups in total. The Bertz CT molecular complexity index is 287. The van der Waals surface area contributed by atoms with Crippen LogP contribution in [0.2, 0.25) is 0 Å². The maximum absolute atomic E-state index is 9.51. The third kappa shape index (κ3) is 1.99. The summed E-state index contributed by atoms with van der Waals surface area (Å²) in [6.07, 6.45) is 4.24. The fourth-order valence-electron chi connectivity index (χ4n) is 1.98. The van der Waals surface area contributed by atoms with Crippen molar-refractivity contribution in [1.29, 1.82) is 0 Å². The molecule has 1 aromatic rings. The molecule has 1 aliphatic heterocycles. The van der Waals surface area contributed by atoms with Crippen molar-refractivity contribution in [3.63, 3.8) is 0 Å². The van der Waals surface area contributed by atoms with Crippen molar-refractivity contribution in [3.05, 3.63) is 24.0 Å². The minimum Gasteiger partial charge on any atom is -0.387 e. The molecule has 1 fully saturated rings. The average Bonchev–Trinajstić information content (AvgIpc) is 2.75. The molecule has 0 bridgehead atoms. The molecule has 3 nitrogen and oxygen atoms in total. The summed E-state index contributed by atoms with van der Waals surface area (Å²) in [5.41, 5.74) is 0.973. The molecule has 0 radical (unpaired) electrons. The summed E-state index contributed by atoms with van der Waals surface area (Å²) >= 11 is 0. The first-order valence-electron chi connectivity index (χ1n) is 5.22. The largest absolute Gasteiger partial charge is 0.387 e. The average molecular weight is 195 g/mol. The van der Waals surface area contributed by atoms with Crippen molar-refractivity contribution < 1.29 is 9.84 Å². The summed E-state index contributed by atoms with van der Waals surface area (Å²) in [5, 5.41) is 9.51. The van der Waals surface area contributed by atoms with Gasteiger partial charge < -0.3 is 14.4 Å². The van der Waals surface area contributed by atoms with Crippen LogP contribution in [-0.2, 0) is 11.3 Å². The lowest BCUT2D eigenvalue weighted by Crippen LogP contribution is -2.16. The number of aliphatic hydroxyl groups is 1. The smallest absolute Gasteiger partial charge is 0.0911 e. The van der Waals surface area contributed by atoms with Gasteiger partial charge in [-0.2, -0.15) is 0 Å². The molecule has 2 rings (SSSR count). The molecular weight excluding hydrogens is 178 g/mol. The van der Waals surface area contributed by atoms with Gasteiger partial charge in [0.15, 0.2) is 0 Å². The quantitative estimate of drug-likeness (QED) is 0.797. The van der Waals surface area contributed by atoms with Crippen LogP contribution in [0.25, 0.3) is 0 Å². The summed E-state index contributed by atoms with van der Waals surface area (Å²) in [6, 6.07) is 3.93. The molecule has 78 valence electrons. The highest BCUT2D eigenvalue weighted by atomic mass is 16.5. The van der Waals surface area contributed by atoms with Gasteiger partial charge in [0.25, 0.3) is 0 Å². The number of aromatic nitrogens is 1. The van der Waals surface area contributed by atoms with Gasteiger partial charge in [-0.25, -0.2) is 0 Å². The van der Waals surface area contributed by atoms with Gasteiger partial charge in [-0.05, 0) is 31.9 Å². The number of hydrogen-bond acceptors (Lipinski definition) is 2. The van der Waals surface area contributed by atoms with Crippen LogP contribution >= 0.6 is 0 Å². The fraction of sp³-hybridized carbons (Fsp3) is 0.636. The van der Waals surface area contributed by atoms with Crippen LogP contribution in [0.3, 0.4) is 0 Å². The van der Waals surface area contributed by atoms with E-state index in [0.29, 0.717) is 6.10 Å². The summed E-state index contributed by atoms with van der Waals surface area (Å²) in [6.45, 7) is 3.55. The van der Waals surface area contributed by atoms with Crippen LogP contribution in [0.1, 0.15) is 31.6 Å². The molecule has 3 heteroatoms. The Kier molecular flexibility index (Phi) is 2.89. The van der Waals surface area contributed by atoms with Crippen LogP contribution in [0.5, 0.6) is 0 Å². The van der Waals surface area contributed by atoms with Crippen molar-refractivity contribution in [2.45, 2.75) is 38.5 Å². The molecule has 0 spiro atoms. The zero-order valence-electron chi connectivity index (χ0n) is 8.52. The van der Waals surface area contributed by atoms with Crippen molar-refractivity contribution >= 4 is 0 Å². The van der Waals surface area contributed by atoms with Gasteiger partial charge in [0.2, 0.25) is 0 Å². The van der Waals surface area contributed by atoms with Crippen molar-refractivity contribution in [3.8, 4) is 0 Å². The lowest BCUT2D eigenvalue weighted by Gasteiger charge is -2.15. The lowest BCUT2D eigenvalue weighted by atomic mass is 10.2. The van der Waals surface area contributed by atoms with Gasteiger partial charge in [0.1, 0.15) is 0 Å². The number of aliphatic hydroxyl groups excluding tert-OH is 1. The first-order valence-corrected chi connectivity index (χ1v) is 5.22. The zero-order valence-corrected chi connectivity index (χ0v) is 8.52. The van der Waals surface area contributed by atoms with Crippen LogP contribution < -0.4 is 0 Å². The molecule has 2 unspecified atom stereocenters. The standard InChI is InChI=1S/C11H17NO2/c1-9(13)11-5-2-6-12(11)8-10-4-3-7-14-10/h2,5-6,9-10,13H,3-4,7-8H2,1H3. The molecule has 0 saturated carbocycles. The van der Waals surface area contributed by atoms with Crippen LogP contribution in [-0.4, -0.2) is 22.4 Å². The van der Waals surface area contributed by atoms with Crippen LogP contribution in [0.4, 0.5) is 0 Å². The molecule has 0 aliphatic carbocycles. The molecule has 0 amide bonds. The third-order valence-corrected chi connectivity index (χ3v) is 2.72. The Hall–Kier alpha value is -0.800. The summed E-state index contributed by atoms with van der Waals surface area (Å²) in [4.78, 5) is 0. The van der Waals surface area contributed by atoms with E-state index in [4.69, 9.17) is 4.74 Å². The lowest BCUT2D eigenvalue weighted by molar-refractivity contribution is 0.0935. The van der Waals surface area contributed by atoms with Gasteiger partial charge in [0.05, 0.1) is 12.2 Å². The summed E-state index contributed by atoms with van der Waals surface area (Å²) < 4.78 is 7.64. The fourth-order valence-corrected chi connectivity index (χ4v) is 1.98. The minimum atomic E-state index is -0.397. The Morgan fingerprint density at radius 2 is 2.57 bits per heavy atom. The van der Waals surface area contributed by atoms with E-state index >= 15 is 0 Å². The first kappa shape index (κ1) is 9.74. The maximum atomic E-state index is 9.51.